The van der Waals surface area contributed by atoms with Crippen molar-refractivity contribution >= 4 is 17.7 Å². The molecule has 2 aliphatic rings. The van der Waals surface area contributed by atoms with E-state index in [9.17, 15) is 4.79 Å². The minimum absolute atomic E-state index is 0.0555. The first kappa shape index (κ1) is 13.2. The molecule has 0 aromatic rings. The normalized spacial score (nSPS) is 29.2. The first-order chi connectivity index (χ1) is 7.99. The van der Waals surface area contributed by atoms with Crippen molar-refractivity contribution in [1.29, 1.82) is 0 Å². The number of thioether (sulfide) groups is 1. The van der Waals surface area contributed by atoms with E-state index in [0.29, 0.717) is 17.4 Å². The van der Waals surface area contributed by atoms with Gasteiger partial charge in [-0.15, -0.1) is 11.8 Å². The Hall–Kier alpha value is -0.220. The number of carbonyl (C=O) groups is 1. The Labute approximate surface area is 109 Å². The minimum atomic E-state index is 0.0555. The summed E-state index contributed by atoms with van der Waals surface area (Å²) in [5.74, 6) is 2.14. The fraction of sp³-hybridized carbons (Fsp3) is 0.923. The maximum Gasteiger partial charge on any atom is 0.240 e. The van der Waals surface area contributed by atoms with Gasteiger partial charge < -0.3 is 4.90 Å². The average Bonchev–Trinajstić information content (AvgIpc) is 2.80. The van der Waals surface area contributed by atoms with Gasteiger partial charge >= 0.3 is 0 Å². The van der Waals surface area contributed by atoms with E-state index in [1.54, 1.807) is 0 Å². The van der Waals surface area contributed by atoms with Crippen molar-refractivity contribution in [3.8, 4) is 0 Å². The van der Waals surface area contributed by atoms with Gasteiger partial charge in [0.2, 0.25) is 5.91 Å². The van der Waals surface area contributed by atoms with Gasteiger partial charge in [0, 0.05) is 24.7 Å². The minimum Gasteiger partial charge on any atom is -0.341 e. The van der Waals surface area contributed by atoms with Crippen molar-refractivity contribution in [1.82, 2.24) is 10.2 Å². The molecule has 1 amide bonds. The van der Waals surface area contributed by atoms with Crippen molar-refractivity contribution in [2.24, 2.45) is 5.41 Å². The number of nitrogens with one attached hydrogen (secondary N) is 1. The second-order valence-corrected chi connectivity index (χ2v) is 7.15. The van der Waals surface area contributed by atoms with Crippen LogP contribution in [-0.4, -0.2) is 41.6 Å². The molecule has 0 aromatic carbocycles. The van der Waals surface area contributed by atoms with E-state index >= 15 is 0 Å². The Bertz CT molecular complexity index is 277. The van der Waals surface area contributed by atoms with E-state index in [2.05, 4.69) is 19.2 Å². The van der Waals surface area contributed by atoms with Crippen LogP contribution in [0.3, 0.4) is 0 Å². The molecule has 4 heteroatoms. The van der Waals surface area contributed by atoms with E-state index < -0.39 is 0 Å². The summed E-state index contributed by atoms with van der Waals surface area (Å²) in [7, 11) is 1.98. The van der Waals surface area contributed by atoms with Gasteiger partial charge in [-0.05, 0) is 31.1 Å². The zero-order valence-corrected chi connectivity index (χ0v) is 12.0. The molecule has 1 N–H and O–H groups in total. The van der Waals surface area contributed by atoms with Crippen LogP contribution in [0.2, 0.25) is 0 Å². The second-order valence-electron chi connectivity index (χ2n) is 6.12. The van der Waals surface area contributed by atoms with Crippen LogP contribution in [0.25, 0.3) is 0 Å². The quantitative estimate of drug-likeness (QED) is 0.821. The summed E-state index contributed by atoms with van der Waals surface area (Å²) < 4.78 is 0. The zero-order chi connectivity index (χ0) is 12.5. The third-order valence-corrected chi connectivity index (χ3v) is 5.16. The highest BCUT2D eigenvalue weighted by Gasteiger charge is 2.33. The molecule has 0 aromatic heterocycles. The molecule has 0 radical (unpaired) electrons. The van der Waals surface area contributed by atoms with Gasteiger partial charge in [0.15, 0.2) is 0 Å². The molecule has 1 atom stereocenters. The van der Waals surface area contributed by atoms with Crippen molar-refractivity contribution in [3.05, 3.63) is 0 Å². The molecule has 1 unspecified atom stereocenters. The topological polar surface area (TPSA) is 32.3 Å². The molecule has 0 bridgehead atoms. The van der Waals surface area contributed by atoms with Gasteiger partial charge in [-0.2, -0.15) is 0 Å². The van der Waals surface area contributed by atoms with Gasteiger partial charge in [-0.25, -0.2) is 0 Å². The summed E-state index contributed by atoms with van der Waals surface area (Å²) in [6.07, 6.45) is 4.80. The first-order valence-electron chi connectivity index (χ1n) is 6.57. The molecular formula is C13H24N2OS. The van der Waals surface area contributed by atoms with Gasteiger partial charge in [-0.3, -0.25) is 10.1 Å². The molecule has 1 aliphatic carbocycles. The van der Waals surface area contributed by atoms with Crippen molar-refractivity contribution < 1.29 is 4.79 Å². The lowest BCUT2D eigenvalue weighted by atomic mass is 9.75. The molecule has 2 rings (SSSR count). The van der Waals surface area contributed by atoms with Crippen LogP contribution in [0.5, 0.6) is 0 Å². The highest BCUT2D eigenvalue weighted by molar-refractivity contribution is 7.99. The number of hydrogen-bond donors (Lipinski definition) is 1. The van der Waals surface area contributed by atoms with Crippen LogP contribution in [0, 0.1) is 5.41 Å². The molecule has 98 valence electrons. The third kappa shape index (κ3) is 3.16. The standard InChI is InChI=1S/C13H24N2OS/c1-13(2)6-4-10(5-7-13)15(3)12(16)11-8-17-9-14-11/h10-11,14H,4-9H2,1-3H3. The largest absolute Gasteiger partial charge is 0.341 e. The summed E-state index contributed by atoms with van der Waals surface area (Å²) in [4.78, 5) is 14.3. The van der Waals surface area contributed by atoms with E-state index in [-0.39, 0.29) is 6.04 Å². The molecule has 1 saturated carbocycles. The number of likely N-dealkylation sites (N-methyl/N-ethyl adjacent to an activating group) is 1. The Balaban J connectivity index is 1.87. The first-order valence-corrected chi connectivity index (χ1v) is 7.73. The van der Waals surface area contributed by atoms with Crippen LogP contribution >= 0.6 is 11.8 Å². The Morgan fingerprint density at radius 3 is 2.53 bits per heavy atom. The van der Waals surface area contributed by atoms with Crippen LogP contribution in [0.4, 0.5) is 0 Å². The fourth-order valence-electron chi connectivity index (χ4n) is 2.75. The maximum atomic E-state index is 12.3. The van der Waals surface area contributed by atoms with E-state index in [0.717, 1.165) is 24.5 Å². The molecule has 17 heavy (non-hydrogen) atoms. The van der Waals surface area contributed by atoms with Crippen LogP contribution in [0.15, 0.2) is 0 Å². The summed E-state index contributed by atoms with van der Waals surface area (Å²) in [6, 6.07) is 0.517. The molecule has 1 heterocycles. The predicted molar refractivity (Wildman–Crippen MR) is 73.1 cm³/mol. The van der Waals surface area contributed by atoms with Crippen LogP contribution in [-0.2, 0) is 4.79 Å². The second kappa shape index (κ2) is 5.19. The summed E-state index contributed by atoms with van der Waals surface area (Å²) >= 11 is 1.82. The van der Waals surface area contributed by atoms with Gasteiger partial charge in [0.05, 0.1) is 6.04 Å². The van der Waals surface area contributed by atoms with Crippen molar-refractivity contribution in [2.45, 2.75) is 51.6 Å². The molecule has 3 nitrogen and oxygen atoms in total. The van der Waals surface area contributed by atoms with Crippen molar-refractivity contribution in [3.63, 3.8) is 0 Å². The smallest absolute Gasteiger partial charge is 0.240 e. The Morgan fingerprint density at radius 1 is 1.35 bits per heavy atom. The maximum absolute atomic E-state index is 12.3. The molecule has 1 aliphatic heterocycles. The highest BCUT2D eigenvalue weighted by atomic mass is 32.2. The van der Waals surface area contributed by atoms with Gasteiger partial charge in [-0.1, -0.05) is 13.8 Å². The lowest BCUT2D eigenvalue weighted by molar-refractivity contribution is -0.134. The van der Waals surface area contributed by atoms with Crippen molar-refractivity contribution in [2.75, 3.05) is 18.7 Å². The highest BCUT2D eigenvalue weighted by Crippen LogP contribution is 2.36. The van der Waals surface area contributed by atoms with E-state index in [4.69, 9.17) is 0 Å². The summed E-state index contributed by atoms with van der Waals surface area (Å²) in [5, 5.41) is 3.26. The number of rotatable bonds is 2. The van der Waals surface area contributed by atoms with Gasteiger partial charge in [0.25, 0.3) is 0 Å². The number of hydrogen-bond acceptors (Lipinski definition) is 3. The Morgan fingerprint density at radius 2 is 2.00 bits per heavy atom. The third-order valence-electron chi connectivity index (χ3n) is 4.22. The monoisotopic (exact) mass is 256 g/mol. The predicted octanol–water partition coefficient (Wildman–Crippen LogP) is 2.08. The van der Waals surface area contributed by atoms with Crippen LogP contribution < -0.4 is 5.32 Å². The number of nitrogens with zero attached hydrogens (tertiary/aromatic N) is 1. The van der Waals surface area contributed by atoms with E-state index in [1.807, 2.05) is 23.7 Å². The fourth-order valence-corrected chi connectivity index (χ4v) is 3.68. The lowest BCUT2D eigenvalue weighted by Gasteiger charge is -2.39. The molecular weight excluding hydrogens is 232 g/mol. The zero-order valence-electron chi connectivity index (χ0n) is 11.2. The Kier molecular flexibility index (Phi) is 4.03. The number of carbonyl (C=O) groups excluding carboxylic acids is 1. The van der Waals surface area contributed by atoms with Gasteiger partial charge in [0.1, 0.15) is 0 Å². The molecule has 2 fully saturated rings. The molecule has 0 spiro atoms. The van der Waals surface area contributed by atoms with E-state index in [1.165, 1.54) is 12.8 Å². The number of amides is 1. The van der Waals surface area contributed by atoms with Crippen LogP contribution in [0.1, 0.15) is 39.5 Å². The summed E-state index contributed by atoms with van der Waals surface area (Å²) in [5.41, 5.74) is 0.474. The lowest BCUT2D eigenvalue weighted by Crippen LogP contribution is -2.48. The summed E-state index contributed by atoms with van der Waals surface area (Å²) in [6.45, 7) is 4.67. The average molecular weight is 256 g/mol. The molecule has 1 saturated heterocycles. The SMILES string of the molecule is CN(C(=O)C1CSCN1)C1CCC(C)(C)CC1.